The fraction of sp³-hybridized carbons (Fsp3) is 0.778. The minimum Gasteiger partial charge on any atom is -0.378 e. The molecule has 0 aliphatic heterocycles. The van der Waals surface area contributed by atoms with Crippen molar-refractivity contribution in [2.75, 3.05) is 20.2 Å². The van der Waals surface area contributed by atoms with Gasteiger partial charge in [0.1, 0.15) is 0 Å². The molecule has 0 bridgehead atoms. The Balaban J connectivity index is 0.00000312. The number of aryl methyl sites for hydroxylation is 1. The van der Waals surface area contributed by atoms with Gasteiger partial charge in [0, 0.05) is 43.5 Å². The third-order valence-electron chi connectivity index (χ3n) is 5.34. The van der Waals surface area contributed by atoms with Crippen LogP contribution in [0.15, 0.2) is 10.4 Å². The molecular weight excluding hydrogens is 447 g/mol. The predicted molar refractivity (Wildman–Crippen MR) is 117 cm³/mol. The molecule has 25 heavy (non-hydrogen) atoms. The molecule has 7 heteroatoms. The van der Waals surface area contributed by atoms with Gasteiger partial charge >= 0.3 is 0 Å². The zero-order valence-corrected chi connectivity index (χ0v) is 19.2. The summed E-state index contributed by atoms with van der Waals surface area (Å²) in [5.41, 5.74) is 1.37. The summed E-state index contributed by atoms with van der Waals surface area (Å²) in [6.45, 7) is 10.3. The molecule has 1 saturated carbocycles. The minimum atomic E-state index is 0. The van der Waals surface area contributed by atoms with Gasteiger partial charge in [0.2, 0.25) is 0 Å². The Labute approximate surface area is 173 Å². The summed E-state index contributed by atoms with van der Waals surface area (Å²) in [6.07, 6.45) is 4.60. The highest BCUT2D eigenvalue weighted by Crippen LogP contribution is 2.48. The Morgan fingerprint density at radius 2 is 2.12 bits per heavy atom. The molecule has 5 nitrogen and oxygen atoms in total. The van der Waals surface area contributed by atoms with Gasteiger partial charge in [-0.25, -0.2) is 4.98 Å². The Hall–Kier alpha value is -0.410. The molecular formula is C18H33IN4OS. The Kier molecular flexibility index (Phi) is 9.66. The maximum absolute atomic E-state index is 5.95. The molecule has 1 heterocycles. The lowest BCUT2D eigenvalue weighted by Gasteiger charge is -2.55. The first-order valence-electron chi connectivity index (χ1n) is 9.09. The molecule has 1 fully saturated rings. The monoisotopic (exact) mass is 480 g/mol. The smallest absolute Gasteiger partial charge is 0.191 e. The molecule has 1 aromatic heterocycles. The highest BCUT2D eigenvalue weighted by atomic mass is 127. The molecule has 2 rings (SSSR count). The number of ether oxygens (including phenoxy) is 1. The van der Waals surface area contributed by atoms with Crippen LogP contribution in [0.3, 0.4) is 0 Å². The summed E-state index contributed by atoms with van der Waals surface area (Å²) in [7, 11) is 1.83. The van der Waals surface area contributed by atoms with Crippen LogP contribution in [0.1, 0.15) is 50.7 Å². The van der Waals surface area contributed by atoms with Crippen molar-refractivity contribution in [3.63, 3.8) is 0 Å². The Bertz CT molecular complexity index is 545. The molecule has 0 saturated heterocycles. The number of aliphatic imine (C=N–C) groups is 1. The fourth-order valence-corrected chi connectivity index (χ4v) is 4.42. The number of hydrogen-bond donors (Lipinski definition) is 2. The molecule has 0 spiro atoms. The maximum atomic E-state index is 5.95. The molecule has 144 valence electrons. The summed E-state index contributed by atoms with van der Waals surface area (Å²) in [6, 6.07) is 0.428. The van der Waals surface area contributed by atoms with Gasteiger partial charge in [-0.2, -0.15) is 0 Å². The van der Waals surface area contributed by atoms with Crippen LogP contribution in [0.4, 0.5) is 0 Å². The quantitative estimate of drug-likeness (QED) is 0.338. The van der Waals surface area contributed by atoms with Crippen LogP contribution in [0.25, 0.3) is 0 Å². The van der Waals surface area contributed by atoms with Crippen LogP contribution < -0.4 is 10.6 Å². The summed E-state index contributed by atoms with van der Waals surface area (Å²) in [4.78, 5) is 8.89. The van der Waals surface area contributed by atoms with E-state index in [2.05, 4.69) is 46.8 Å². The van der Waals surface area contributed by atoms with Gasteiger partial charge in [-0.15, -0.1) is 35.3 Å². The number of thiazole rings is 1. The van der Waals surface area contributed by atoms with E-state index in [4.69, 9.17) is 4.74 Å². The second-order valence-electron chi connectivity index (χ2n) is 6.42. The van der Waals surface area contributed by atoms with Gasteiger partial charge in [-0.1, -0.05) is 13.8 Å². The summed E-state index contributed by atoms with van der Waals surface area (Å²) < 4.78 is 5.95. The average molecular weight is 480 g/mol. The number of rotatable bonds is 8. The van der Waals surface area contributed by atoms with E-state index in [0.29, 0.717) is 12.1 Å². The van der Waals surface area contributed by atoms with Gasteiger partial charge < -0.3 is 15.4 Å². The van der Waals surface area contributed by atoms with Crippen molar-refractivity contribution < 1.29 is 4.74 Å². The standard InChI is InChI=1S/C18H32N4OS.HI/c1-6-18(7-2)15(11-16(18)23-8-3)22-17(19-5)20-10-9-14-12-24-13(4)21-14;/h12,15-16H,6-11H2,1-5H3,(H2,19,20,22);1H. The van der Waals surface area contributed by atoms with Gasteiger partial charge in [0.05, 0.1) is 16.8 Å². The lowest BCUT2D eigenvalue weighted by molar-refractivity contribution is -0.133. The molecule has 1 aromatic rings. The fourth-order valence-electron chi connectivity index (χ4n) is 3.78. The third-order valence-corrected chi connectivity index (χ3v) is 6.17. The highest BCUT2D eigenvalue weighted by molar-refractivity contribution is 14.0. The normalized spacial score (nSPS) is 22.0. The van der Waals surface area contributed by atoms with Crippen molar-refractivity contribution in [3.8, 4) is 0 Å². The van der Waals surface area contributed by atoms with Crippen molar-refractivity contribution in [1.29, 1.82) is 0 Å². The number of hydrogen-bond acceptors (Lipinski definition) is 4. The van der Waals surface area contributed by atoms with Crippen LogP contribution in [0, 0.1) is 12.3 Å². The van der Waals surface area contributed by atoms with E-state index < -0.39 is 0 Å². The average Bonchev–Trinajstić information content (AvgIpc) is 2.99. The summed E-state index contributed by atoms with van der Waals surface area (Å²) in [5, 5.41) is 10.3. The van der Waals surface area contributed by atoms with Crippen molar-refractivity contribution in [2.24, 2.45) is 10.4 Å². The molecule has 2 unspecified atom stereocenters. The molecule has 1 aliphatic carbocycles. The molecule has 2 atom stereocenters. The second-order valence-corrected chi connectivity index (χ2v) is 7.49. The molecule has 1 aliphatic rings. The van der Waals surface area contributed by atoms with Gasteiger partial charge in [-0.05, 0) is 33.1 Å². The van der Waals surface area contributed by atoms with E-state index in [1.54, 1.807) is 11.3 Å². The lowest BCUT2D eigenvalue weighted by atomic mass is 9.58. The molecule has 0 radical (unpaired) electrons. The number of aromatic nitrogens is 1. The van der Waals surface area contributed by atoms with E-state index in [1.165, 1.54) is 0 Å². The second kappa shape index (κ2) is 10.7. The zero-order valence-electron chi connectivity index (χ0n) is 16.1. The number of halogens is 1. The van der Waals surface area contributed by atoms with E-state index in [9.17, 15) is 0 Å². The first kappa shape index (κ1) is 22.6. The first-order valence-corrected chi connectivity index (χ1v) is 9.97. The van der Waals surface area contributed by atoms with Gasteiger partial charge in [0.25, 0.3) is 0 Å². The van der Waals surface area contributed by atoms with Gasteiger partial charge in [0.15, 0.2) is 5.96 Å². The number of nitrogens with one attached hydrogen (secondary N) is 2. The molecule has 0 amide bonds. The van der Waals surface area contributed by atoms with Crippen molar-refractivity contribution in [1.82, 2.24) is 15.6 Å². The van der Waals surface area contributed by atoms with E-state index >= 15 is 0 Å². The van der Waals surface area contributed by atoms with Crippen LogP contribution in [0.2, 0.25) is 0 Å². The van der Waals surface area contributed by atoms with Crippen molar-refractivity contribution >= 4 is 41.3 Å². The third kappa shape index (κ3) is 5.29. The predicted octanol–water partition coefficient (Wildman–Crippen LogP) is 3.76. The van der Waals surface area contributed by atoms with Crippen LogP contribution in [-0.2, 0) is 11.2 Å². The number of guanidine groups is 1. The maximum Gasteiger partial charge on any atom is 0.191 e. The zero-order chi connectivity index (χ0) is 17.6. The van der Waals surface area contributed by atoms with Crippen LogP contribution >= 0.6 is 35.3 Å². The first-order chi connectivity index (χ1) is 11.6. The summed E-state index contributed by atoms with van der Waals surface area (Å²) in [5.74, 6) is 0.883. The topological polar surface area (TPSA) is 58.5 Å². The highest BCUT2D eigenvalue weighted by Gasteiger charge is 2.53. The summed E-state index contributed by atoms with van der Waals surface area (Å²) >= 11 is 1.70. The van der Waals surface area contributed by atoms with E-state index in [0.717, 1.165) is 55.5 Å². The molecule has 0 aromatic carbocycles. The largest absolute Gasteiger partial charge is 0.378 e. The minimum absolute atomic E-state index is 0. The molecule has 2 N–H and O–H groups in total. The number of nitrogens with zero attached hydrogens (tertiary/aromatic N) is 2. The van der Waals surface area contributed by atoms with Crippen molar-refractivity contribution in [3.05, 3.63) is 16.1 Å². The SMILES string of the molecule is CCOC1CC(NC(=NC)NCCc2csc(C)n2)C1(CC)CC.I. The Morgan fingerprint density at radius 3 is 2.64 bits per heavy atom. The van der Waals surface area contributed by atoms with E-state index in [1.807, 2.05) is 14.0 Å². The van der Waals surface area contributed by atoms with Crippen LogP contribution in [0.5, 0.6) is 0 Å². The van der Waals surface area contributed by atoms with Crippen LogP contribution in [-0.4, -0.2) is 43.3 Å². The lowest BCUT2D eigenvalue weighted by Crippen LogP contribution is -2.65. The van der Waals surface area contributed by atoms with Gasteiger partial charge in [-0.3, -0.25) is 4.99 Å². The van der Waals surface area contributed by atoms with E-state index in [-0.39, 0.29) is 29.4 Å². The Morgan fingerprint density at radius 1 is 1.40 bits per heavy atom. The van der Waals surface area contributed by atoms with Crippen molar-refractivity contribution in [2.45, 2.75) is 65.5 Å².